The van der Waals surface area contributed by atoms with Crippen molar-refractivity contribution in [1.82, 2.24) is 24.3 Å². The molecule has 1 aromatic carbocycles. The van der Waals surface area contributed by atoms with Crippen LogP contribution in [0.5, 0.6) is 0 Å². The number of aliphatic hydroxyl groups excluding tert-OH is 1. The number of aryl methyl sites for hydroxylation is 1. The molecule has 2 aliphatic rings. The minimum Gasteiger partial charge on any atom is -0.388 e. The summed E-state index contributed by atoms with van der Waals surface area (Å²) in [6.07, 6.45) is 4.75. The molecule has 9 nitrogen and oxygen atoms in total. The zero-order chi connectivity index (χ0) is 23.8. The minimum absolute atomic E-state index is 0.173. The fraction of sp³-hybridized carbons (Fsp3) is 0.423. The van der Waals surface area contributed by atoms with Gasteiger partial charge in [-0.05, 0) is 38.3 Å². The lowest BCUT2D eigenvalue weighted by Gasteiger charge is -2.29. The summed E-state index contributed by atoms with van der Waals surface area (Å²) < 4.78 is 15.5. The van der Waals surface area contributed by atoms with Crippen LogP contribution in [0.1, 0.15) is 36.9 Å². The van der Waals surface area contributed by atoms with Gasteiger partial charge in [-0.1, -0.05) is 23.8 Å². The van der Waals surface area contributed by atoms with Crippen molar-refractivity contribution in [1.29, 1.82) is 0 Å². The number of ether oxygens (including phenoxy) is 2. The Kier molecular flexibility index (Phi) is 5.97. The van der Waals surface area contributed by atoms with Crippen LogP contribution in [-0.4, -0.2) is 62.3 Å². The van der Waals surface area contributed by atoms with Crippen LogP contribution in [0.15, 0.2) is 42.6 Å². The zero-order valence-electron chi connectivity index (χ0n) is 19.9. The molecule has 6 rings (SSSR count). The summed E-state index contributed by atoms with van der Waals surface area (Å²) in [5.41, 5.74) is 5.63. The number of fused-ring (bicyclic) bond motifs is 1. The molecule has 2 aliphatic heterocycles. The number of hydrogen-bond acceptors (Lipinski definition) is 7. The first kappa shape index (κ1) is 22.2. The molecule has 182 valence electrons. The van der Waals surface area contributed by atoms with Crippen molar-refractivity contribution in [3.05, 3.63) is 54.0 Å². The summed E-state index contributed by atoms with van der Waals surface area (Å²) in [5, 5.41) is 15.0. The number of rotatable bonds is 5. The molecular weight excluding hydrogens is 444 g/mol. The lowest BCUT2D eigenvalue weighted by molar-refractivity contribution is -0.0329. The molecule has 3 aromatic heterocycles. The first-order chi connectivity index (χ1) is 17.2. The Morgan fingerprint density at radius 1 is 1.06 bits per heavy atom. The SMILES string of the molecule is Cc1cccc(-c2ccn(-c3cc(N4CCOCC4)c4nc(CO)n(C5CCCCO5)c4n3)n2)c1. The summed E-state index contributed by atoms with van der Waals surface area (Å²) >= 11 is 0. The van der Waals surface area contributed by atoms with E-state index < -0.39 is 0 Å². The summed E-state index contributed by atoms with van der Waals surface area (Å²) in [4.78, 5) is 12.1. The third-order valence-electron chi connectivity index (χ3n) is 6.76. The van der Waals surface area contributed by atoms with Gasteiger partial charge in [0, 0.05) is 37.5 Å². The molecule has 0 saturated carbocycles. The minimum atomic E-state index is -0.184. The molecule has 9 heteroatoms. The number of hydrogen-bond donors (Lipinski definition) is 1. The largest absolute Gasteiger partial charge is 0.388 e. The fourth-order valence-electron chi connectivity index (χ4n) is 4.99. The summed E-state index contributed by atoms with van der Waals surface area (Å²) in [5.74, 6) is 1.28. The molecule has 0 spiro atoms. The number of morpholine rings is 1. The Balaban J connectivity index is 1.50. The van der Waals surface area contributed by atoms with Crippen molar-refractivity contribution in [2.75, 3.05) is 37.8 Å². The Hall–Kier alpha value is -3.27. The topological polar surface area (TPSA) is 90.5 Å². The molecule has 1 atom stereocenters. The van der Waals surface area contributed by atoms with Gasteiger partial charge in [0.05, 0.1) is 24.6 Å². The number of aliphatic hydroxyl groups is 1. The molecule has 2 fully saturated rings. The van der Waals surface area contributed by atoms with E-state index in [2.05, 4.69) is 30.0 Å². The molecular formula is C26H30N6O3. The monoisotopic (exact) mass is 474 g/mol. The van der Waals surface area contributed by atoms with Gasteiger partial charge in [0.1, 0.15) is 24.2 Å². The number of imidazole rings is 1. The van der Waals surface area contributed by atoms with Crippen LogP contribution in [0, 0.1) is 6.92 Å². The molecule has 0 radical (unpaired) electrons. The highest BCUT2D eigenvalue weighted by atomic mass is 16.5. The average molecular weight is 475 g/mol. The maximum atomic E-state index is 10.2. The van der Waals surface area contributed by atoms with Gasteiger partial charge < -0.3 is 19.5 Å². The highest BCUT2D eigenvalue weighted by Gasteiger charge is 2.27. The first-order valence-electron chi connectivity index (χ1n) is 12.3. The van der Waals surface area contributed by atoms with E-state index in [0.717, 1.165) is 54.8 Å². The number of aromatic nitrogens is 5. The Morgan fingerprint density at radius 3 is 2.71 bits per heavy atom. The van der Waals surface area contributed by atoms with Crippen LogP contribution in [0.3, 0.4) is 0 Å². The Bertz CT molecular complexity index is 1330. The predicted molar refractivity (Wildman–Crippen MR) is 133 cm³/mol. The molecule has 4 aromatic rings. The average Bonchev–Trinajstić information content (AvgIpc) is 3.54. The van der Waals surface area contributed by atoms with Crippen molar-refractivity contribution < 1.29 is 14.6 Å². The second kappa shape index (κ2) is 9.41. The van der Waals surface area contributed by atoms with Crippen LogP contribution < -0.4 is 4.90 Å². The van der Waals surface area contributed by atoms with E-state index in [4.69, 9.17) is 24.5 Å². The highest BCUT2D eigenvalue weighted by Crippen LogP contribution is 2.34. The normalized spacial score (nSPS) is 18.9. The zero-order valence-corrected chi connectivity index (χ0v) is 19.9. The Morgan fingerprint density at radius 2 is 1.94 bits per heavy atom. The van der Waals surface area contributed by atoms with Crippen molar-refractivity contribution in [3.8, 4) is 17.1 Å². The van der Waals surface area contributed by atoms with E-state index >= 15 is 0 Å². The van der Waals surface area contributed by atoms with Gasteiger partial charge in [-0.3, -0.25) is 4.57 Å². The third-order valence-corrected chi connectivity index (χ3v) is 6.76. The van der Waals surface area contributed by atoms with E-state index in [1.54, 1.807) is 0 Å². The van der Waals surface area contributed by atoms with Gasteiger partial charge in [-0.2, -0.15) is 5.10 Å². The Labute approximate surface area is 203 Å². The standard InChI is InChI=1S/C26H30N6O3/c1-18-5-4-6-19(15-18)20-8-9-31(29-20)22-16-21(30-10-13-34-14-11-30)25-26(28-22)32(23(17-33)27-25)24-7-2-3-12-35-24/h4-6,8-9,15-16,24,33H,2-3,7,10-14,17H2,1H3. The second-order valence-electron chi connectivity index (χ2n) is 9.16. The van der Waals surface area contributed by atoms with Crippen molar-refractivity contribution in [3.63, 3.8) is 0 Å². The van der Waals surface area contributed by atoms with Crippen molar-refractivity contribution >= 4 is 16.9 Å². The molecule has 0 amide bonds. The van der Waals surface area contributed by atoms with E-state index in [-0.39, 0.29) is 12.8 Å². The lowest BCUT2D eigenvalue weighted by Crippen LogP contribution is -2.36. The van der Waals surface area contributed by atoms with E-state index in [0.29, 0.717) is 37.1 Å². The van der Waals surface area contributed by atoms with E-state index in [9.17, 15) is 5.11 Å². The molecule has 0 bridgehead atoms. The van der Waals surface area contributed by atoms with E-state index in [1.165, 1.54) is 5.56 Å². The van der Waals surface area contributed by atoms with E-state index in [1.807, 2.05) is 33.6 Å². The van der Waals surface area contributed by atoms with Crippen molar-refractivity contribution in [2.45, 2.75) is 39.0 Å². The fourth-order valence-corrected chi connectivity index (χ4v) is 4.99. The molecule has 2 saturated heterocycles. The highest BCUT2D eigenvalue weighted by molar-refractivity contribution is 5.88. The first-order valence-corrected chi connectivity index (χ1v) is 12.3. The number of benzene rings is 1. The second-order valence-corrected chi connectivity index (χ2v) is 9.16. The van der Waals surface area contributed by atoms with Gasteiger partial charge in [0.25, 0.3) is 0 Å². The number of nitrogens with zero attached hydrogens (tertiary/aromatic N) is 6. The van der Waals surface area contributed by atoms with Gasteiger partial charge >= 0.3 is 0 Å². The summed E-state index contributed by atoms with van der Waals surface area (Å²) in [6, 6.07) is 12.4. The maximum Gasteiger partial charge on any atom is 0.166 e. The third kappa shape index (κ3) is 4.20. The van der Waals surface area contributed by atoms with Crippen LogP contribution in [0.25, 0.3) is 28.2 Å². The van der Waals surface area contributed by atoms with Crippen LogP contribution >= 0.6 is 0 Å². The van der Waals surface area contributed by atoms with Gasteiger partial charge in [0.2, 0.25) is 0 Å². The number of anilines is 1. The molecule has 5 heterocycles. The van der Waals surface area contributed by atoms with Crippen LogP contribution in [-0.2, 0) is 16.1 Å². The maximum absolute atomic E-state index is 10.2. The van der Waals surface area contributed by atoms with Gasteiger partial charge in [-0.15, -0.1) is 0 Å². The van der Waals surface area contributed by atoms with Crippen molar-refractivity contribution in [2.24, 2.45) is 0 Å². The van der Waals surface area contributed by atoms with Gasteiger partial charge in [0.15, 0.2) is 11.5 Å². The summed E-state index contributed by atoms with van der Waals surface area (Å²) in [7, 11) is 0. The number of pyridine rings is 1. The van der Waals surface area contributed by atoms with Crippen LogP contribution in [0.4, 0.5) is 5.69 Å². The molecule has 35 heavy (non-hydrogen) atoms. The van der Waals surface area contributed by atoms with Gasteiger partial charge in [-0.25, -0.2) is 14.6 Å². The predicted octanol–water partition coefficient (Wildman–Crippen LogP) is 3.62. The smallest absolute Gasteiger partial charge is 0.166 e. The molecule has 0 aliphatic carbocycles. The molecule has 1 unspecified atom stereocenters. The quantitative estimate of drug-likeness (QED) is 0.472. The summed E-state index contributed by atoms with van der Waals surface area (Å²) in [6.45, 7) is 5.48. The molecule has 1 N–H and O–H groups in total. The lowest BCUT2D eigenvalue weighted by atomic mass is 10.1. The van der Waals surface area contributed by atoms with Crippen LogP contribution in [0.2, 0.25) is 0 Å².